The number of hydrogen-bond acceptors (Lipinski definition) is 3. The predicted molar refractivity (Wildman–Crippen MR) is 65.9 cm³/mol. The molecule has 1 aromatic heterocycles. The van der Waals surface area contributed by atoms with Crippen LogP contribution in [-0.2, 0) is 6.54 Å². The first-order chi connectivity index (χ1) is 7.90. The number of carbonyl (C=O) groups excluding carboxylic acids is 1. The molecule has 17 heavy (non-hydrogen) atoms. The quantitative estimate of drug-likeness (QED) is 0.840. The standard InChI is InChI=1S/C12H19N3O2/c1-12(2,3)15-11(16)14-8-9-5-6-10(17-4)13-7-9/h5-7H,8H2,1-4H3,(H2,14,15,16). The Morgan fingerprint density at radius 3 is 2.59 bits per heavy atom. The molecule has 5 heteroatoms. The molecular weight excluding hydrogens is 218 g/mol. The predicted octanol–water partition coefficient (Wildman–Crippen LogP) is 1.69. The van der Waals surface area contributed by atoms with Crippen molar-refractivity contribution in [3.8, 4) is 5.88 Å². The summed E-state index contributed by atoms with van der Waals surface area (Å²) in [5.74, 6) is 0.563. The largest absolute Gasteiger partial charge is 0.481 e. The van der Waals surface area contributed by atoms with Crippen molar-refractivity contribution in [3.05, 3.63) is 23.9 Å². The zero-order valence-corrected chi connectivity index (χ0v) is 10.7. The molecule has 0 radical (unpaired) electrons. The van der Waals surface area contributed by atoms with Crippen molar-refractivity contribution < 1.29 is 9.53 Å². The number of carbonyl (C=O) groups is 1. The highest BCUT2D eigenvalue weighted by atomic mass is 16.5. The van der Waals surface area contributed by atoms with Crippen LogP contribution in [0, 0.1) is 0 Å². The van der Waals surface area contributed by atoms with E-state index in [4.69, 9.17) is 4.74 Å². The van der Waals surface area contributed by atoms with Gasteiger partial charge in [0.05, 0.1) is 7.11 Å². The number of methoxy groups -OCH3 is 1. The van der Waals surface area contributed by atoms with Crippen molar-refractivity contribution in [2.75, 3.05) is 7.11 Å². The van der Waals surface area contributed by atoms with Gasteiger partial charge in [0.1, 0.15) is 0 Å². The Kier molecular flexibility index (Phi) is 4.31. The zero-order valence-electron chi connectivity index (χ0n) is 10.7. The molecule has 0 saturated heterocycles. The fourth-order valence-electron chi connectivity index (χ4n) is 1.20. The van der Waals surface area contributed by atoms with Crippen LogP contribution < -0.4 is 15.4 Å². The number of rotatable bonds is 3. The van der Waals surface area contributed by atoms with Gasteiger partial charge in [-0.1, -0.05) is 6.07 Å². The van der Waals surface area contributed by atoms with Crippen molar-refractivity contribution in [2.24, 2.45) is 0 Å². The van der Waals surface area contributed by atoms with Gasteiger partial charge in [0, 0.05) is 24.3 Å². The second-order valence-corrected chi connectivity index (χ2v) is 4.77. The summed E-state index contributed by atoms with van der Waals surface area (Å²) < 4.78 is 4.95. The van der Waals surface area contributed by atoms with E-state index in [0.717, 1.165) is 5.56 Å². The van der Waals surface area contributed by atoms with Crippen LogP contribution in [0.25, 0.3) is 0 Å². The first-order valence-corrected chi connectivity index (χ1v) is 5.45. The van der Waals surface area contributed by atoms with Crippen LogP contribution in [0.1, 0.15) is 26.3 Å². The summed E-state index contributed by atoms with van der Waals surface area (Å²) in [6.45, 7) is 6.24. The smallest absolute Gasteiger partial charge is 0.315 e. The van der Waals surface area contributed by atoms with E-state index in [2.05, 4.69) is 15.6 Å². The van der Waals surface area contributed by atoms with Crippen molar-refractivity contribution in [2.45, 2.75) is 32.9 Å². The number of nitrogens with one attached hydrogen (secondary N) is 2. The Balaban J connectivity index is 2.42. The van der Waals surface area contributed by atoms with Crippen molar-refractivity contribution in [1.29, 1.82) is 0 Å². The minimum Gasteiger partial charge on any atom is -0.481 e. The van der Waals surface area contributed by atoms with Crippen molar-refractivity contribution in [1.82, 2.24) is 15.6 Å². The molecular formula is C12H19N3O2. The van der Waals surface area contributed by atoms with Gasteiger partial charge in [-0.25, -0.2) is 9.78 Å². The van der Waals surface area contributed by atoms with Gasteiger partial charge in [-0.15, -0.1) is 0 Å². The highest BCUT2D eigenvalue weighted by molar-refractivity contribution is 5.74. The Morgan fingerprint density at radius 1 is 1.41 bits per heavy atom. The summed E-state index contributed by atoms with van der Waals surface area (Å²) in [4.78, 5) is 15.5. The molecule has 0 spiro atoms. The van der Waals surface area contributed by atoms with Gasteiger partial charge in [0.15, 0.2) is 0 Å². The molecule has 0 atom stereocenters. The second kappa shape index (κ2) is 5.52. The van der Waals surface area contributed by atoms with E-state index in [1.165, 1.54) is 0 Å². The summed E-state index contributed by atoms with van der Waals surface area (Å²) in [7, 11) is 1.57. The highest BCUT2D eigenvalue weighted by Crippen LogP contribution is 2.06. The van der Waals surface area contributed by atoms with Gasteiger partial charge in [-0.05, 0) is 26.3 Å². The van der Waals surface area contributed by atoms with Crippen LogP contribution in [0.15, 0.2) is 18.3 Å². The zero-order chi connectivity index (χ0) is 12.9. The molecule has 94 valence electrons. The van der Waals surface area contributed by atoms with Crippen LogP contribution in [-0.4, -0.2) is 23.7 Å². The number of urea groups is 1. The van der Waals surface area contributed by atoms with E-state index in [1.807, 2.05) is 26.8 Å². The molecule has 0 unspecified atom stereocenters. The lowest BCUT2D eigenvalue weighted by Gasteiger charge is -2.20. The minimum absolute atomic E-state index is 0.187. The van der Waals surface area contributed by atoms with E-state index in [0.29, 0.717) is 12.4 Å². The molecule has 1 rings (SSSR count). The molecule has 0 aliphatic heterocycles. The molecule has 1 aromatic rings. The molecule has 0 aliphatic carbocycles. The molecule has 0 fully saturated rings. The molecule has 1 heterocycles. The van der Waals surface area contributed by atoms with E-state index in [9.17, 15) is 4.79 Å². The highest BCUT2D eigenvalue weighted by Gasteiger charge is 2.12. The van der Waals surface area contributed by atoms with Gasteiger partial charge in [-0.2, -0.15) is 0 Å². The summed E-state index contributed by atoms with van der Waals surface area (Å²) in [6.07, 6.45) is 1.68. The topological polar surface area (TPSA) is 63.2 Å². The lowest BCUT2D eigenvalue weighted by Crippen LogP contribution is -2.46. The van der Waals surface area contributed by atoms with Gasteiger partial charge in [-0.3, -0.25) is 0 Å². The van der Waals surface area contributed by atoms with Gasteiger partial charge in [0.25, 0.3) is 0 Å². The first-order valence-electron chi connectivity index (χ1n) is 5.45. The monoisotopic (exact) mass is 237 g/mol. The number of nitrogens with zero attached hydrogens (tertiary/aromatic N) is 1. The first kappa shape index (κ1) is 13.3. The SMILES string of the molecule is COc1ccc(CNC(=O)NC(C)(C)C)cn1. The Labute approximate surface area is 102 Å². The maximum Gasteiger partial charge on any atom is 0.315 e. The normalized spacial score (nSPS) is 10.8. The van der Waals surface area contributed by atoms with E-state index < -0.39 is 0 Å². The maximum atomic E-state index is 11.5. The third-order valence-corrected chi connectivity index (χ3v) is 1.95. The summed E-state index contributed by atoms with van der Waals surface area (Å²) in [5, 5.41) is 5.58. The lowest BCUT2D eigenvalue weighted by atomic mass is 10.1. The van der Waals surface area contributed by atoms with E-state index in [1.54, 1.807) is 19.4 Å². The van der Waals surface area contributed by atoms with Gasteiger partial charge >= 0.3 is 6.03 Å². The van der Waals surface area contributed by atoms with Crippen LogP contribution >= 0.6 is 0 Å². The molecule has 0 bridgehead atoms. The molecule has 0 saturated carbocycles. The van der Waals surface area contributed by atoms with Crippen molar-refractivity contribution >= 4 is 6.03 Å². The third-order valence-electron chi connectivity index (χ3n) is 1.95. The average molecular weight is 237 g/mol. The molecule has 2 amide bonds. The number of pyridine rings is 1. The average Bonchev–Trinajstić information content (AvgIpc) is 2.25. The lowest BCUT2D eigenvalue weighted by molar-refractivity contribution is 0.231. The van der Waals surface area contributed by atoms with Gasteiger partial charge in [0.2, 0.25) is 5.88 Å². The molecule has 2 N–H and O–H groups in total. The minimum atomic E-state index is -0.234. The van der Waals surface area contributed by atoms with Crippen molar-refractivity contribution in [3.63, 3.8) is 0 Å². The van der Waals surface area contributed by atoms with Gasteiger partial charge < -0.3 is 15.4 Å². The van der Waals surface area contributed by atoms with E-state index >= 15 is 0 Å². The number of aromatic nitrogens is 1. The third kappa shape index (κ3) is 5.19. The molecule has 5 nitrogen and oxygen atoms in total. The summed E-state index contributed by atoms with van der Waals surface area (Å²) in [6, 6.07) is 3.44. The van der Waals surface area contributed by atoms with Crippen LogP contribution in [0.5, 0.6) is 5.88 Å². The fraction of sp³-hybridized carbons (Fsp3) is 0.500. The Hall–Kier alpha value is -1.78. The summed E-state index contributed by atoms with van der Waals surface area (Å²) in [5.41, 5.74) is 0.692. The molecule has 0 aliphatic rings. The van der Waals surface area contributed by atoms with E-state index in [-0.39, 0.29) is 11.6 Å². The van der Waals surface area contributed by atoms with Crippen LogP contribution in [0.2, 0.25) is 0 Å². The second-order valence-electron chi connectivity index (χ2n) is 4.77. The number of ether oxygens (including phenoxy) is 1. The summed E-state index contributed by atoms with van der Waals surface area (Å²) >= 11 is 0. The van der Waals surface area contributed by atoms with Crippen LogP contribution in [0.3, 0.4) is 0 Å². The number of hydrogen-bond donors (Lipinski definition) is 2. The fourth-order valence-corrected chi connectivity index (χ4v) is 1.20. The Bertz CT molecular complexity index is 368. The Morgan fingerprint density at radius 2 is 2.12 bits per heavy atom. The number of amides is 2. The van der Waals surface area contributed by atoms with Crippen LogP contribution in [0.4, 0.5) is 4.79 Å². The maximum absolute atomic E-state index is 11.5. The molecule has 0 aromatic carbocycles.